The number of nitrogens with one attached hydrogen (secondary N) is 2. The maximum Gasteiger partial charge on any atom is 0.186 e. The molecule has 0 radical (unpaired) electrons. The second-order valence-corrected chi connectivity index (χ2v) is 4.38. The summed E-state index contributed by atoms with van der Waals surface area (Å²) >= 11 is 5.08. The number of hydrogen-bond acceptors (Lipinski definition) is 4. The molecule has 0 amide bonds. The van der Waals surface area contributed by atoms with Crippen molar-refractivity contribution in [1.29, 1.82) is 0 Å². The molecular weight excluding hydrogens is 274 g/mol. The molecule has 1 aromatic carbocycles. The molecule has 0 saturated carbocycles. The molecule has 1 rings (SSSR count). The fourth-order valence-electron chi connectivity index (χ4n) is 1.44. The van der Waals surface area contributed by atoms with Crippen LogP contribution in [0.5, 0.6) is 5.75 Å². The molecule has 110 valence electrons. The third kappa shape index (κ3) is 7.06. The van der Waals surface area contributed by atoms with Crippen LogP contribution in [0.2, 0.25) is 0 Å². The average Bonchev–Trinajstić information content (AvgIpc) is 2.46. The molecule has 0 atom stereocenters. The zero-order valence-corrected chi connectivity index (χ0v) is 12.7. The Kier molecular flexibility index (Phi) is 8.33. The van der Waals surface area contributed by atoms with E-state index in [9.17, 15) is 0 Å². The van der Waals surface area contributed by atoms with Gasteiger partial charge in [0.2, 0.25) is 0 Å². The number of rotatable bonds is 8. The van der Waals surface area contributed by atoms with Crippen LogP contribution in [0.3, 0.4) is 0 Å². The lowest BCUT2D eigenvalue weighted by atomic mass is 10.2. The van der Waals surface area contributed by atoms with Gasteiger partial charge in [-0.25, -0.2) is 0 Å². The summed E-state index contributed by atoms with van der Waals surface area (Å²) in [6.07, 6.45) is 2.61. The van der Waals surface area contributed by atoms with Crippen molar-refractivity contribution in [2.45, 2.75) is 13.3 Å². The monoisotopic (exact) mass is 295 g/mol. The number of ether oxygens (including phenoxy) is 2. The zero-order valence-electron chi connectivity index (χ0n) is 11.9. The molecule has 0 aliphatic rings. The summed E-state index contributed by atoms with van der Waals surface area (Å²) in [7, 11) is 1.68. The molecule has 1 aromatic rings. The number of hydrazone groups is 1. The van der Waals surface area contributed by atoms with E-state index in [4.69, 9.17) is 21.7 Å². The summed E-state index contributed by atoms with van der Waals surface area (Å²) in [5.74, 6) is 0.855. The molecule has 0 bridgehead atoms. The zero-order chi connectivity index (χ0) is 14.6. The largest absolute Gasteiger partial charge is 0.494 e. The van der Waals surface area contributed by atoms with Crippen LogP contribution in [-0.2, 0) is 4.74 Å². The second-order valence-electron chi connectivity index (χ2n) is 3.97. The van der Waals surface area contributed by atoms with Crippen LogP contribution in [-0.4, -0.2) is 38.2 Å². The molecule has 0 spiro atoms. The molecule has 0 aliphatic heterocycles. The van der Waals surface area contributed by atoms with E-state index < -0.39 is 0 Å². The highest BCUT2D eigenvalue weighted by Gasteiger charge is 1.94. The first-order valence-corrected chi connectivity index (χ1v) is 6.95. The maximum absolute atomic E-state index is 5.37. The van der Waals surface area contributed by atoms with Crippen LogP contribution < -0.4 is 15.5 Å². The predicted molar refractivity (Wildman–Crippen MR) is 85.4 cm³/mol. The number of nitrogens with zero attached hydrogens (tertiary/aromatic N) is 1. The summed E-state index contributed by atoms with van der Waals surface area (Å²) in [5.41, 5.74) is 3.74. The molecule has 5 nitrogen and oxygen atoms in total. The maximum atomic E-state index is 5.37. The van der Waals surface area contributed by atoms with Crippen molar-refractivity contribution in [3.05, 3.63) is 29.8 Å². The SMILES string of the molecule is CCOc1ccc(/C=N/NC(=S)NCCCOC)cc1. The van der Waals surface area contributed by atoms with Gasteiger partial charge in [-0.3, -0.25) is 5.43 Å². The Balaban J connectivity index is 2.27. The summed E-state index contributed by atoms with van der Waals surface area (Å²) < 4.78 is 10.3. The number of methoxy groups -OCH3 is 1. The molecule has 20 heavy (non-hydrogen) atoms. The van der Waals surface area contributed by atoms with Crippen molar-refractivity contribution in [3.8, 4) is 5.75 Å². The van der Waals surface area contributed by atoms with E-state index in [-0.39, 0.29) is 0 Å². The molecule has 0 aliphatic carbocycles. The molecule has 2 N–H and O–H groups in total. The molecule has 0 heterocycles. The first kappa shape index (κ1) is 16.4. The molecule has 0 unspecified atom stereocenters. The minimum absolute atomic E-state index is 0.503. The van der Waals surface area contributed by atoms with Crippen molar-refractivity contribution in [3.63, 3.8) is 0 Å². The Labute approximate surface area is 125 Å². The van der Waals surface area contributed by atoms with Crippen LogP contribution >= 0.6 is 12.2 Å². The van der Waals surface area contributed by atoms with Gasteiger partial charge in [0.25, 0.3) is 0 Å². The third-order valence-corrected chi connectivity index (χ3v) is 2.62. The molecular formula is C14H21N3O2S. The Bertz CT molecular complexity index is 421. The highest BCUT2D eigenvalue weighted by atomic mass is 32.1. The predicted octanol–water partition coefficient (Wildman–Crippen LogP) is 1.92. The van der Waals surface area contributed by atoms with Crippen LogP contribution in [0.4, 0.5) is 0 Å². The Morgan fingerprint density at radius 2 is 2.10 bits per heavy atom. The molecule has 0 saturated heterocycles. The molecule has 0 aromatic heterocycles. The highest BCUT2D eigenvalue weighted by Crippen LogP contribution is 2.10. The first-order chi connectivity index (χ1) is 9.76. The average molecular weight is 295 g/mol. The van der Waals surface area contributed by atoms with Gasteiger partial charge in [0.05, 0.1) is 12.8 Å². The van der Waals surface area contributed by atoms with Crippen LogP contribution in [0, 0.1) is 0 Å². The van der Waals surface area contributed by atoms with Gasteiger partial charge in [-0.05, 0) is 55.4 Å². The molecule has 0 fully saturated rings. The number of hydrogen-bond donors (Lipinski definition) is 2. The summed E-state index contributed by atoms with van der Waals surface area (Å²) in [6.45, 7) is 4.10. The number of benzene rings is 1. The van der Waals surface area contributed by atoms with E-state index in [1.165, 1.54) is 0 Å². The van der Waals surface area contributed by atoms with E-state index in [0.717, 1.165) is 24.3 Å². The summed E-state index contributed by atoms with van der Waals surface area (Å²) in [5, 5.41) is 7.60. The fraction of sp³-hybridized carbons (Fsp3) is 0.429. The minimum Gasteiger partial charge on any atom is -0.494 e. The first-order valence-electron chi connectivity index (χ1n) is 6.55. The minimum atomic E-state index is 0.503. The van der Waals surface area contributed by atoms with E-state index in [0.29, 0.717) is 18.3 Å². The standard InChI is InChI=1S/C14H21N3O2S/c1-3-19-13-7-5-12(6-8-13)11-16-17-14(20)15-9-4-10-18-2/h5-8,11H,3-4,9-10H2,1-2H3,(H2,15,17,20)/b16-11+. The van der Waals surface area contributed by atoms with Crippen molar-refractivity contribution in [2.24, 2.45) is 5.10 Å². The second kappa shape index (κ2) is 10.2. The summed E-state index contributed by atoms with van der Waals surface area (Å²) in [6, 6.07) is 7.69. The van der Waals surface area contributed by atoms with E-state index in [1.807, 2.05) is 31.2 Å². The fourth-order valence-corrected chi connectivity index (χ4v) is 1.59. The summed E-state index contributed by atoms with van der Waals surface area (Å²) in [4.78, 5) is 0. The normalized spacial score (nSPS) is 10.5. The van der Waals surface area contributed by atoms with Gasteiger partial charge in [-0.2, -0.15) is 5.10 Å². The van der Waals surface area contributed by atoms with Crippen molar-refractivity contribution in [1.82, 2.24) is 10.7 Å². The van der Waals surface area contributed by atoms with Gasteiger partial charge in [0, 0.05) is 20.3 Å². The Morgan fingerprint density at radius 1 is 1.35 bits per heavy atom. The van der Waals surface area contributed by atoms with Crippen LogP contribution in [0.15, 0.2) is 29.4 Å². The topological polar surface area (TPSA) is 54.9 Å². The quantitative estimate of drug-likeness (QED) is 0.332. The van der Waals surface area contributed by atoms with Crippen LogP contribution in [0.1, 0.15) is 18.9 Å². The number of thiocarbonyl (C=S) groups is 1. The van der Waals surface area contributed by atoms with Gasteiger partial charge in [-0.1, -0.05) is 0 Å². The molecule has 6 heteroatoms. The van der Waals surface area contributed by atoms with E-state index >= 15 is 0 Å². The van der Waals surface area contributed by atoms with Crippen LogP contribution in [0.25, 0.3) is 0 Å². The van der Waals surface area contributed by atoms with E-state index in [2.05, 4.69) is 15.8 Å². The van der Waals surface area contributed by atoms with Gasteiger partial charge >= 0.3 is 0 Å². The Hall–Kier alpha value is -1.66. The Morgan fingerprint density at radius 3 is 2.75 bits per heavy atom. The lowest BCUT2D eigenvalue weighted by molar-refractivity contribution is 0.195. The van der Waals surface area contributed by atoms with Crippen molar-refractivity contribution < 1.29 is 9.47 Å². The van der Waals surface area contributed by atoms with Crippen molar-refractivity contribution in [2.75, 3.05) is 26.9 Å². The smallest absolute Gasteiger partial charge is 0.186 e. The van der Waals surface area contributed by atoms with E-state index in [1.54, 1.807) is 13.3 Å². The lowest BCUT2D eigenvalue weighted by Gasteiger charge is -2.06. The van der Waals surface area contributed by atoms with Gasteiger partial charge in [0.15, 0.2) is 5.11 Å². The lowest BCUT2D eigenvalue weighted by Crippen LogP contribution is -2.33. The third-order valence-electron chi connectivity index (χ3n) is 2.38. The highest BCUT2D eigenvalue weighted by molar-refractivity contribution is 7.80. The van der Waals surface area contributed by atoms with Crippen molar-refractivity contribution >= 4 is 23.5 Å². The van der Waals surface area contributed by atoms with Gasteiger partial charge in [0.1, 0.15) is 5.75 Å². The van der Waals surface area contributed by atoms with Gasteiger partial charge < -0.3 is 14.8 Å². The van der Waals surface area contributed by atoms with Gasteiger partial charge in [-0.15, -0.1) is 0 Å².